The molecule has 9 heteroatoms. The number of hydrogen-bond donors (Lipinski definition) is 2. The lowest BCUT2D eigenvalue weighted by molar-refractivity contribution is -0.124. The molecule has 166 valence electrons. The van der Waals surface area contributed by atoms with E-state index in [0.29, 0.717) is 23.4 Å². The number of nitrogens with one attached hydrogen (secondary N) is 2. The van der Waals surface area contributed by atoms with Gasteiger partial charge in [-0.2, -0.15) is 0 Å². The Balaban J connectivity index is 1.49. The number of ether oxygens (including phenoxy) is 1. The van der Waals surface area contributed by atoms with Gasteiger partial charge in [-0.25, -0.2) is 4.79 Å². The molecule has 33 heavy (non-hydrogen) atoms. The summed E-state index contributed by atoms with van der Waals surface area (Å²) in [7, 11) is 1.54. The van der Waals surface area contributed by atoms with E-state index in [1.807, 2.05) is 25.1 Å². The molecule has 0 unspecified atom stereocenters. The molecule has 2 aliphatic rings. The van der Waals surface area contributed by atoms with Crippen LogP contribution in [-0.4, -0.2) is 46.4 Å². The molecule has 1 atom stereocenters. The lowest BCUT2D eigenvalue weighted by Crippen LogP contribution is -2.52. The number of carbonyl (C=O) groups excluding carboxylic acids is 3. The van der Waals surface area contributed by atoms with E-state index in [1.165, 1.54) is 0 Å². The van der Waals surface area contributed by atoms with Crippen molar-refractivity contribution < 1.29 is 19.1 Å². The van der Waals surface area contributed by atoms with E-state index < -0.39 is 17.5 Å². The van der Waals surface area contributed by atoms with Gasteiger partial charge in [0, 0.05) is 30.1 Å². The summed E-state index contributed by atoms with van der Waals surface area (Å²) in [6.45, 7) is 2.19. The Hall–Kier alpha value is -4.27. The molecule has 0 radical (unpaired) electrons. The average Bonchev–Trinajstić information content (AvgIpc) is 3.29. The molecule has 0 aliphatic carbocycles. The molecule has 2 aliphatic heterocycles. The molecular formula is C24H21N5O4. The molecule has 1 saturated heterocycles. The second-order valence-electron chi connectivity index (χ2n) is 8.07. The van der Waals surface area contributed by atoms with Gasteiger partial charge in [-0.15, -0.1) is 0 Å². The van der Waals surface area contributed by atoms with Crippen molar-refractivity contribution in [3.63, 3.8) is 0 Å². The first-order valence-corrected chi connectivity index (χ1v) is 10.4. The van der Waals surface area contributed by atoms with E-state index in [9.17, 15) is 14.4 Å². The van der Waals surface area contributed by atoms with Crippen LogP contribution in [0.15, 0.2) is 54.9 Å². The van der Waals surface area contributed by atoms with Crippen LogP contribution in [0.2, 0.25) is 0 Å². The van der Waals surface area contributed by atoms with Gasteiger partial charge >= 0.3 is 6.03 Å². The van der Waals surface area contributed by atoms with Crippen LogP contribution < -0.4 is 15.4 Å². The largest absolute Gasteiger partial charge is 0.497 e. The van der Waals surface area contributed by atoms with Crippen molar-refractivity contribution in [2.45, 2.75) is 19.0 Å². The molecule has 4 amide bonds. The highest BCUT2D eigenvalue weighted by molar-refractivity contribution is 6.08. The van der Waals surface area contributed by atoms with Gasteiger partial charge in [-0.3, -0.25) is 24.9 Å². The summed E-state index contributed by atoms with van der Waals surface area (Å²) >= 11 is 0. The molecule has 3 aromatic rings. The first-order chi connectivity index (χ1) is 15.9. The van der Waals surface area contributed by atoms with Gasteiger partial charge < -0.3 is 15.0 Å². The number of rotatable bonds is 5. The standard InChI is InChI=1S/C24H21N5O4/c1-14-20(26-10-9-25-14)15-3-6-17(7-4-15)24(22(31)27-23(32)28-24)13-29-12-16-5-8-18(33-2)11-19(16)21(29)30/h3-11H,12-13H2,1-2H3,(H2,27,28,31,32)/t24-/m0/s1. The van der Waals surface area contributed by atoms with E-state index >= 15 is 0 Å². The molecule has 2 aromatic carbocycles. The highest BCUT2D eigenvalue weighted by Gasteiger charge is 2.50. The number of aromatic nitrogens is 2. The van der Waals surface area contributed by atoms with Crippen LogP contribution in [0, 0.1) is 6.92 Å². The predicted molar refractivity (Wildman–Crippen MR) is 118 cm³/mol. The average molecular weight is 443 g/mol. The Kier molecular flexibility index (Phi) is 4.81. The van der Waals surface area contributed by atoms with Gasteiger partial charge in [0.1, 0.15) is 5.75 Å². The first kappa shape index (κ1) is 20.6. The maximum absolute atomic E-state index is 13.1. The van der Waals surface area contributed by atoms with Gasteiger partial charge in [0.2, 0.25) is 0 Å². The Morgan fingerprint density at radius 3 is 2.48 bits per heavy atom. The van der Waals surface area contributed by atoms with Crippen molar-refractivity contribution in [2.24, 2.45) is 0 Å². The molecule has 0 bridgehead atoms. The molecule has 1 fully saturated rings. The summed E-state index contributed by atoms with van der Waals surface area (Å²) in [5.74, 6) is -0.137. The number of hydrogen-bond acceptors (Lipinski definition) is 6. The van der Waals surface area contributed by atoms with E-state index in [2.05, 4.69) is 20.6 Å². The third kappa shape index (κ3) is 3.38. The summed E-state index contributed by atoms with van der Waals surface area (Å²) in [4.78, 5) is 48.5. The third-order valence-corrected chi connectivity index (χ3v) is 6.10. The summed E-state index contributed by atoms with van der Waals surface area (Å²) in [6.07, 6.45) is 3.25. The van der Waals surface area contributed by atoms with Crippen LogP contribution in [0.3, 0.4) is 0 Å². The summed E-state index contributed by atoms with van der Waals surface area (Å²) in [6, 6.07) is 11.9. The van der Waals surface area contributed by atoms with Gasteiger partial charge in [-0.05, 0) is 30.2 Å². The lowest BCUT2D eigenvalue weighted by Gasteiger charge is -2.31. The summed E-state index contributed by atoms with van der Waals surface area (Å²) in [5, 5.41) is 5.08. The smallest absolute Gasteiger partial charge is 0.322 e. The minimum Gasteiger partial charge on any atom is -0.497 e. The predicted octanol–water partition coefficient (Wildman–Crippen LogP) is 2.15. The number of aryl methyl sites for hydroxylation is 1. The van der Waals surface area contributed by atoms with Crippen LogP contribution in [-0.2, 0) is 16.9 Å². The molecule has 3 heterocycles. The van der Waals surface area contributed by atoms with Crippen LogP contribution >= 0.6 is 0 Å². The molecule has 9 nitrogen and oxygen atoms in total. The number of imide groups is 1. The van der Waals surface area contributed by atoms with Crippen molar-refractivity contribution >= 4 is 17.8 Å². The summed E-state index contributed by atoms with van der Waals surface area (Å²) in [5.41, 5.74) is 2.88. The van der Waals surface area contributed by atoms with Gasteiger partial charge in [0.15, 0.2) is 5.54 Å². The zero-order valence-corrected chi connectivity index (χ0v) is 18.1. The van der Waals surface area contributed by atoms with Crippen molar-refractivity contribution in [1.82, 2.24) is 25.5 Å². The van der Waals surface area contributed by atoms with Gasteiger partial charge in [-0.1, -0.05) is 30.3 Å². The maximum atomic E-state index is 13.1. The Morgan fingerprint density at radius 2 is 1.82 bits per heavy atom. The molecule has 0 spiro atoms. The quantitative estimate of drug-likeness (QED) is 0.584. The number of benzene rings is 2. The third-order valence-electron chi connectivity index (χ3n) is 6.10. The van der Waals surface area contributed by atoms with E-state index in [1.54, 1.807) is 48.7 Å². The zero-order valence-electron chi connectivity index (χ0n) is 18.1. The van der Waals surface area contributed by atoms with Crippen LogP contribution in [0.1, 0.15) is 27.2 Å². The highest BCUT2D eigenvalue weighted by Crippen LogP contribution is 2.33. The summed E-state index contributed by atoms with van der Waals surface area (Å²) < 4.78 is 5.23. The van der Waals surface area contributed by atoms with Gasteiger partial charge in [0.05, 0.1) is 25.0 Å². The second kappa shape index (κ2) is 7.70. The van der Waals surface area contributed by atoms with Crippen molar-refractivity contribution in [3.05, 3.63) is 77.2 Å². The maximum Gasteiger partial charge on any atom is 0.322 e. The number of nitrogens with zero attached hydrogens (tertiary/aromatic N) is 3. The molecule has 1 aromatic heterocycles. The SMILES string of the molecule is COc1ccc2c(c1)C(=O)N(C[C@@]1(c3ccc(-c4nccnc4C)cc3)NC(=O)NC1=O)C2. The second-order valence-corrected chi connectivity index (χ2v) is 8.07. The monoisotopic (exact) mass is 443 g/mol. The number of carbonyl (C=O) groups is 3. The fourth-order valence-electron chi connectivity index (χ4n) is 4.38. The molecular weight excluding hydrogens is 422 g/mol. The van der Waals surface area contributed by atoms with E-state index in [-0.39, 0.29) is 12.5 Å². The van der Waals surface area contributed by atoms with Crippen molar-refractivity contribution in [1.29, 1.82) is 0 Å². The van der Waals surface area contributed by atoms with E-state index in [4.69, 9.17) is 4.74 Å². The number of fused-ring (bicyclic) bond motifs is 1. The Morgan fingerprint density at radius 1 is 1.06 bits per heavy atom. The normalized spacial score (nSPS) is 19.3. The minimum atomic E-state index is -1.41. The topological polar surface area (TPSA) is 114 Å². The molecule has 0 saturated carbocycles. The van der Waals surface area contributed by atoms with Gasteiger partial charge in [0.25, 0.3) is 11.8 Å². The Labute approximate surface area is 189 Å². The van der Waals surface area contributed by atoms with E-state index in [0.717, 1.165) is 22.5 Å². The van der Waals surface area contributed by atoms with Crippen LogP contribution in [0.4, 0.5) is 4.79 Å². The fourth-order valence-corrected chi connectivity index (χ4v) is 4.38. The molecule has 2 N–H and O–H groups in total. The fraction of sp³-hybridized carbons (Fsp3) is 0.208. The van der Waals surface area contributed by atoms with Crippen molar-refractivity contribution in [3.8, 4) is 17.0 Å². The number of amides is 4. The van der Waals surface area contributed by atoms with Crippen LogP contribution in [0.5, 0.6) is 5.75 Å². The number of methoxy groups -OCH3 is 1. The highest BCUT2D eigenvalue weighted by atomic mass is 16.5. The first-order valence-electron chi connectivity index (χ1n) is 10.4. The minimum absolute atomic E-state index is 0.0100. The number of urea groups is 1. The van der Waals surface area contributed by atoms with Crippen LogP contribution in [0.25, 0.3) is 11.3 Å². The Bertz CT molecular complexity index is 1290. The lowest BCUT2D eigenvalue weighted by atomic mass is 9.88. The van der Waals surface area contributed by atoms with Crippen molar-refractivity contribution in [2.75, 3.05) is 13.7 Å². The zero-order chi connectivity index (χ0) is 23.2. The molecule has 5 rings (SSSR count).